The average molecular weight is 523 g/mol. The van der Waals surface area contributed by atoms with Crippen molar-refractivity contribution in [3.05, 3.63) is 41.8 Å². The molecule has 11 nitrogen and oxygen atoms in total. The van der Waals surface area contributed by atoms with Crippen LogP contribution in [0.1, 0.15) is 48.9 Å². The molecule has 200 valence electrons. The van der Waals surface area contributed by atoms with E-state index in [1.54, 1.807) is 23.1 Å². The molecular formula is C26H31FN8O3. The molecule has 1 saturated heterocycles. The van der Waals surface area contributed by atoms with Gasteiger partial charge in [-0.1, -0.05) is 12.8 Å². The van der Waals surface area contributed by atoms with Crippen molar-refractivity contribution in [2.45, 2.75) is 50.6 Å². The highest BCUT2D eigenvalue weighted by atomic mass is 19.1. The minimum atomic E-state index is -0.808. The van der Waals surface area contributed by atoms with Crippen molar-refractivity contribution in [2.75, 3.05) is 30.3 Å². The molecule has 2 fully saturated rings. The second kappa shape index (κ2) is 11.1. The molecule has 0 bridgehead atoms. The van der Waals surface area contributed by atoms with E-state index in [4.69, 9.17) is 16.2 Å². The van der Waals surface area contributed by atoms with Gasteiger partial charge in [0.2, 0.25) is 11.8 Å². The summed E-state index contributed by atoms with van der Waals surface area (Å²) in [5, 5.41) is 6.16. The summed E-state index contributed by atoms with van der Waals surface area (Å²) in [6, 6.07) is 6.08. The number of carbonyl (C=O) groups excluding carboxylic acids is 2. The number of amides is 2. The van der Waals surface area contributed by atoms with Crippen molar-refractivity contribution in [1.82, 2.24) is 19.9 Å². The Labute approximate surface area is 219 Å². The topological polar surface area (TPSA) is 161 Å². The molecule has 0 spiro atoms. The molecule has 1 saturated carbocycles. The number of hydrogen-bond acceptors (Lipinski definition) is 9. The van der Waals surface area contributed by atoms with E-state index in [-0.39, 0.29) is 35.2 Å². The van der Waals surface area contributed by atoms with Crippen LogP contribution in [0.15, 0.2) is 30.5 Å². The summed E-state index contributed by atoms with van der Waals surface area (Å²) in [5.41, 5.74) is 13.4. The van der Waals surface area contributed by atoms with Crippen molar-refractivity contribution in [3.8, 4) is 5.88 Å². The van der Waals surface area contributed by atoms with Crippen molar-refractivity contribution in [2.24, 2.45) is 11.5 Å². The largest absolute Gasteiger partial charge is 0.475 e. The number of nitrogens with two attached hydrogens (primary N) is 2. The smallest absolute Gasteiger partial charge is 0.252 e. The van der Waals surface area contributed by atoms with Gasteiger partial charge in [-0.05, 0) is 43.5 Å². The molecule has 12 heteroatoms. The number of nitrogens with zero attached hydrogens (tertiary/aromatic N) is 4. The fraction of sp³-hybridized carbons (Fsp3) is 0.423. The number of likely N-dealkylation sites (tertiary alicyclic amines) is 1. The second-order valence-electron chi connectivity index (χ2n) is 9.65. The lowest BCUT2D eigenvalue weighted by atomic mass is 9.91. The number of fused-ring (bicyclic) bond motifs is 1. The molecule has 1 aromatic carbocycles. The Bertz CT molecular complexity index is 1350. The third kappa shape index (κ3) is 5.75. The third-order valence-corrected chi connectivity index (χ3v) is 6.95. The first-order chi connectivity index (χ1) is 18.4. The summed E-state index contributed by atoms with van der Waals surface area (Å²) in [6.07, 6.45) is 6.69. The monoisotopic (exact) mass is 522 g/mol. The zero-order valence-electron chi connectivity index (χ0n) is 21.0. The Morgan fingerprint density at radius 1 is 1.13 bits per heavy atom. The molecule has 38 heavy (non-hydrogen) atoms. The molecule has 3 aromatic rings. The van der Waals surface area contributed by atoms with Crippen LogP contribution < -0.4 is 26.8 Å². The van der Waals surface area contributed by atoms with Gasteiger partial charge in [-0.3, -0.25) is 9.59 Å². The highest BCUT2D eigenvalue weighted by Crippen LogP contribution is 2.28. The van der Waals surface area contributed by atoms with Crippen LogP contribution in [0.5, 0.6) is 5.88 Å². The number of anilines is 3. The molecule has 3 heterocycles. The predicted molar refractivity (Wildman–Crippen MR) is 141 cm³/mol. The van der Waals surface area contributed by atoms with E-state index in [1.807, 2.05) is 0 Å². The third-order valence-electron chi connectivity index (χ3n) is 6.95. The van der Waals surface area contributed by atoms with Crippen LogP contribution in [0.2, 0.25) is 0 Å². The van der Waals surface area contributed by atoms with Gasteiger partial charge in [-0.25, -0.2) is 19.3 Å². The first-order valence-electron chi connectivity index (χ1n) is 12.8. The number of pyridine rings is 1. The number of rotatable bonds is 9. The highest BCUT2D eigenvalue weighted by molar-refractivity contribution is 5.99. The maximum Gasteiger partial charge on any atom is 0.252 e. The van der Waals surface area contributed by atoms with Gasteiger partial charge in [0.1, 0.15) is 12.4 Å². The van der Waals surface area contributed by atoms with E-state index in [1.165, 1.54) is 6.20 Å². The highest BCUT2D eigenvalue weighted by Gasteiger charge is 2.25. The molecule has 2 unspecified atom stereocenters. The zero-order valence-corrected chi connectivity index (χ0v) is 21.0. The van der Waals surface area contributed by atoms with Crippen molar-refractivity contribution < 1.29 is 18.7 Å². The zero-order chi connectivity index (χ0) is 26.6. The Balaban J connectivity index is 1.31. The van der Waals surface area contributed by atoms with Gasteiger partial charge in [0.15, 0.2) is 11.6 Å². The van der Waals surface area contributed by atoms with E-state index in [9.17, 15) is 14.0 Å². The quantitative estimate of drug-likeness (QED) is 0.331. The van der Waals surface area contributed by atoms with Gasteiger partial charge in [0, 0.05) is 30.7 Å². The van der Waals surface area contributed by atoms with Gasteiger partial charge in [-0.2, -0.15) is 0 Å². The fourth-order valence-corrected chi connectivity index (χ4v) is 4.87. The number of hydrogen-bond donors (Lipinski definition) is 4. The minimum absolute atomic E-state index is 0.0119. The van der Waals surface area contributed by atoms with E-state index >= 15 is 0 Å². The Morgan fingerprint density at radius 3 is 2.74 bits per heavy atom. The molecular weight excluding hydrogens is 491 g/mol. The summed E-state index contributed by atoms with van der Waals surface area (Å²) in [6.45, 7) is 1.60. The molecule has 2 aromatic heterocycles. The number of nitrogens with one attached hydrogen (secondary N) is 2. The van der Waals surface area contributed by atoms with Crippen molar-refractivity contribution in [1.29, 1.82) is 0 Å². The van der Waals surface area contributed by atoms with Gasteiger partial charge in [0.25, 0.3) is 5.91 Å². The second-order valence-corrected chi connectivity index (χ2v) is 9.65. The summed E-state index contributed by atoms with van der Waals surface area (Å²) in [5.74, 6) is -0.843. The lowest BCUT2D eigenvalue weighted by molar-refractivity contribution is -0.128. The maximum atomic E-state index is 14.8. The molecule has 2 atom stereocenters. The van der Waals surface area contributed by atoms with Gasteiger partial charge in [-0.15, -0.1) is 0 Å². The number of primary amides is 1. The van der Waals surface area contributed by atoms with Crippen LogP contribution >= 0.6 is 0 Å². The molecule has 2 amide bonds. The van der Waals surface area contributed by atoms with Crippen LogP contribution in [0, 0.1) is 5.82 Å². The maximum absolute atomic E-state index is 14.8. The summed E-state index contributed by atoms with van der Waals surface area (Å²) in [7, 11) is 0. The van der Waals surface area contributed by atoms with Crippen LogP contribution in [0.4, 0.5) is 21.7 Å². The lowest BCUT2D eigenvalue weighted by Gasteiger charge is -2.30. The van der Waals surface area contributed by atoms with Crippen LogP contribution in [0.25, 0.3) is 11.0 Å². The van der Waals surface area contributed by atoms with Crippen molar-refractivity contribution in [3.63, 3.8) is 0 Å². The Kier molecular flexibility index (Phi) is 7.50. The summed E-state index contributed by atoms with van der Waals surface area (Å²) < 4.78 is 20.5. The normalized spacial score (nSPS) is 19.5. The molecule has 0 radical (unpaired) electrons. The number of ether oxygens (including phenoxy) is 1. The fourth-order valence-electron chi connectivity index (χ4n) is 4.87. The van der Waals surface area contributed by atoms with Crippen LogP contribution in [-0.2, 0) is 4.79 Å². The van der Waals surface area contributed by atoms with Gasteiger partial charge >= 0.3 is 0 Å². The number of benzene rings is 1. The predicted octanol–water partition coefficient (Wildman–Crippen LogP) is 2.69. The number of halogens is 1. The molecule has 2 aliphatic rings. The molecule has 1 aliphatic heterocycles. The number of aromatic nitrogens is 3. The SMILES string of the molecule is NC(=O)c1cc(F)c(NC2CCCCC2N)nc1Nc1ccc2nc(OCCN3CCCC3=O)cnc2c1. The first-order valence-corrected chi connectivity index (χ1v) is 12.8. The van der Waals surface area contributed by atoms with E-state index < -0.39 is 11.7 Å². The average Bonchev–Trinajstić information content (AvgIpc) is 3.31. The summed E-state index contributed by atoms with van der Waals surface area (Å²) in [4.78, 5) is 38.8. The van der Waals surface area contributed by atoms with Gasteiger partial charge in [0.05, 0.1) is 29.3 Å². The van der Waals surface area contributed by atoms with Gasteiger partial charge < -0.3 is 31.7 Å². The first kappa shape index (κ1) is 25.6. The van der Waals surface area contributed by atoms with E-state index in [0.29, 0.717) is 42.2 Å². The summed E-state index contributed by atoms with van der Waals surface area (Å²) >= 11 is 0. The minimum Gasteiger partial charge on any atom is -0.475 e. The Morgan fingerprint density at radius 2 is 1.97 bits per heavy atom. The van der Waals surface area contributed by atoms with Crippen LogP contribution in [0.3, 0.4) is 0 Å². The number of carbonyl (C=O) groups is 2. The van der Waals surface area contributed by atoms with Crippen LogP contribution in [-0.4, -0.2) is 63.4 Å². The van der Waals surface area contributed by atoms with E-state index in [2.05, 4.69) is 25.6 Å². The molecule has 1 aliphatic carbocycles. The lowest BCUT2D eigenvalue weighted by Crippen LogP contribution is -2.43. The van der Waals surface area contributed by atoms with E-state index in [0.717, 1.165) is 44.7 Å². The van der Waals surface area contributed by atoms with Crippen molar-refractivity contribution >= 4 is 40.2 Å². The molecule has 6 N–H and O–H groups in total. The standard InChI is InChI=1S/C26H31FN8O3/c27-17-13-16(24(29)37)25(34-26(17)33-19-5-2-1-4-18(19)28)31-15-7-8-20-21(12-15)30-14-22(32-20)38-11-10-35-9-3-6-23(35)36/h7-8,12-14,18-19H,1-6,9-11,28H2,(H2,29,37)(H2,31,33,34). The Hall–Kier alpha value is -4.06. The molecule has 5 rings (SSSR count).